The predicted octanol–water partition coefficient (Wildman–Crippen LogP) is 2.80. The molecule has 14 heavy (non-hydrogen) atoms. The van der Waals surface area contributed by atoms with E-state index < -0.39 is 0 Å². The summed E-state index contributed by atoms with van der Waals surface area (Å²) in [6, 6.07) is 1.47. The van der Waals surface area contributed by atoms with E-state index in [1.54, 1.807) is 12.3 Å². The molecule has 3 heteroatoms. The Morgan fingerprint density at radius 3 is 2.93 bits per heavy atom. The average molecular weight is 196 g/mol. The summed E-state index contributed by atoms with van der Waals surface area (Å²) < 4.78 is 13.2. The van der Waals surface area contributed by atoms with Gasteiger partial charge in [0, 0.05) is 17.8 Å². The zero-order chi connectivity index (χ0) is 10.4. The predicted molar refractivity (Wildman–Crippen MR) is 55.3 cm³/mol. The smallest absolute Gasteiger partial charge is 0.146 e. The second-order valence-electron chi connectivity index (χ2n) is 3.50. The van der Waals surface area contributed by atoms with E-state index in [9.17, 15) is 4.39 Å². The highest BCUT2D eigenvalue weighted by Crippen LogP contribution is 2.19. The average Bonchev–Trinajstić information content (AvgIpc) is 2.18. The van der Waals surface area contributed by atoms with E-state index in [2.05, 4.69) is 11.9 Å². The van der Waals surface area contributed by atoms with E-state index >= 15 is 0 Å². The van der Waals surface area contributed by atoms with Crippen LogP contribution < -0.4 is 5.73 Å². The molecule has 0 aromatic carbocycles. The highest BCUT2D eigenvalue weighted by molar-refractivity contribution is 5.16. The van der Waals surface area contributed by atoms with Crippen LogP contribution >= 0.6 is 0 Å². The minimum Gasteiger partial charge on any atom is -0.324 e. The largest absolute Gasteiger partial charge is 0.324 e. The van der Waals surface area contributed by atoms with Crippen molar-refractivity contribution in [3.63, 3.8) is 0 Å². The second-order valence-corrected chi connectivity index (χ2v) is 3.50. The standard InChI is InChI=1S/C11H17FN2/c1-2-3-4-5-11(13)9-6-7-14-8-10(9)12/h6-8,11H,2-5,13H2,1H3. The van der Waals surface area contributed by atoms with Crippen LogP contribution in [0.3, 0.4) is 0 Å². The van der Waals surface area contributed by atoms with Gasteiger partial charge in [0.05, 0.1) is 6.20 Å². The lowest BCUT2D eigenvalue weighted by atomic mass is 10.0. The van der Waals surface area contributed by atoms with Crippen molar-refractivity contribution in [2.24, 2.45) is 5.73 Å². The quantitative estimate of drug-likeness (QED) is 0.735. The van der Waals surface area contributed by atoms with Gasteiger partial charge in [-0.3, -0.25) is 4.98 Å². The second kappa shape index (κ2) is 5.70. The number of nitrogens with zero attached hydrogens (tertiary/aromatic N) is 1. The lowest BCUT2D eigenvalue weighted by Gasteiger charge is -2.11. The van der Waals surface area contributed by atoms with E-state index in [0.717, 1.165) is 25.7 Å². The van der Waals surface area contributed by atoms with Gasteiger partial charge < -0.3 is 5.73 Å². The van der Waals surface area contributed by atoms with Crippen LogP contribution in [0.5, 0.6) is 0 Å². The molecule has 2 N–H and O–H groups in total. The molecule has 78 valence electrons. The van der Waals surface area contributed by atoms with E-state index in [0.29, 0.717) is 5.56 Å². The molecule has 0 radical (unpaired) electrons. The summed E-state index contributed by atoms with van der Waals surface area (Å²) in [5, 5.41) is 0. The van der Waals surface area contributed by atoms with Gasteiger partial charge in [-0.05, 0) is 12.5 Å². The highest BCUT2D eigenvalue weighted by atomic mass is 19.1. The number of halogens is 1. The summed E-state index contributed by atoms with van der Waals surface area (Å²) in [5.41, 5.74) is 6.45. The van der Waals surface area contributed by atoms with Gasteiger partial charge in [0.25, 0.3) is 0 Å². The van der Waals surface area contributed by atoms with Crippen LogP contribution in [0.1, 0.15) is 44.2 Å². The minimum absolute atomic E-state index is 0.190. The van der Waals surface area contributed by atoms with Crippen molar-refractivity contribution in [3.05, 3.63) is 29.8 Å². The molecule has 0 aliphatic rings. The first kappa shape index (κ1) is 11.1. The topological polar surface area (TPSA) is 38.9 Å². The number of rotatable bonds is 5. The van der Waals surface area contributed by atoms with E-state index in [4.69, 9.17) is 5.73 Å². The van der Waals surface area contributed by atoms with Gasteiger partial charge >= 0.3 is 0 Å². The van der Waals surface area contributed by atoms with Gasteiger partial charge in [0.1, 0.15) is 5.82 Å². The van der Waals surface area contributed by atoms with Gasteiger partial charge in [0.15, 0.2) is 0 Å². The van der Waals surface area contributed by atoms with Crippen molar-refractivity contribution < 1.29 is 4.39 Å². The molecule has 1 atom stereocenters. The SMILES string of the molecule is CCCCCC(N)c1ccncc1F. The normalized spacial score (nSPS) is 12.8. The lowest BCUT2D eigenvalue weighted by molar-refractivity contribution is 0.535. The number of hydrogen-bond donors (Lipinski definition) is 1. The molecule has 1 unspecified atom stereocenters. The van der Waals surface area contributed by atoms with Crippen molar-refractivity contribution in [1.82, 2.24) is 4.98 Å². The Balaban J connectivity index is 2.51. The molecule has 0 saturated heterocycles. The number of nitrogens with two attached hydrogens (primary N) is 1. The third-order valence-corrected chi connectivity index (χ3v) is 2.32. The molecule has 2 nitrogen and oxygen atoms in total. The van der Waals surface area contributed by atoms with Gasteiger partial charge in [-0.1, -0.05) is 26.2 Å². The summed E-state index contributed by atoms with van der Waals surface area (Å²) in [6.45, 7) is 2.14. The molecule has 0 fully saturated rings. The Kier molecular flexibility index (Phi) is 4.53. The molecule has 1 aromatic heterocycles. The summed E-state index contributed by atoms with van der Waals surface area (Å²) in [5.74, 6) is -0.295. The maximum absolute atomic E-state index is 13.2. The minimum atomic E-state index is -0.295. The van der Waals surface area contributed by atoms with Gasteiger partial charge in [-0.15, -0.1) is 0 Å². The van der Waals surface area contributed by atoms with Crippen molar-refractivity contribution in [3.8, 4) is 0 Å². The molecule has 0 spiro atoms. The maximum atomic E-state index is 13.2. The number of hydrogen-bond acceptors (Lipinski definition) is 2. The Bertz CT molecular complexity index is 276. The molecule has 0 saturated carbocycles. The van der Waals surface area contributed by atoms with Crippen LogP contribution in [0.15, 0.2) is 18.5 Å². The lowest BCUT2D eigenvalue weighted by Crippen LogP contribution is -2.12. The Morgan fingerprint density at radius 2 is 2.29 bits per heavy atom. The van der Waals surface area contributed by atoms with Gasteiger partial charge in [0.2, 0.25) is 0 Å². The highest BCUT2D eigenvalue weighted by Gasteiger charge is 2.09. The van der Waals surface area contributed by atoms with Crippen LogP contribution in [-0.2, 0) is 0 Å². The zero-order valence-electron chi connectivity index (χ0n) is 8.54. The summed E-state index contributed by atoms with van der Waals surface area (Å²) >= 11 is 0. The third-order valence-electron chi connectivity index (χ3n) is 2.32. The molecule has 1 aromatic rings. The maximum Gasteiger partial charge on any atom is 0.146 e. The molecule has 1 heterocycles. The zero-order valence-corrected chi connectivity index (χ0v) is 8.54. The van der Waals surface area contributed by atoms with E-state index in [1.165, 1.54) is 6.20 Å². The summed E-state index contributed by atoms with van der Waals surface area (Å²) in [7, 11) is 0. The van der Waals surface area contributed by atoms with Crippen LogP contribution in [0.2, 0.25) is 0 Å². The van der Waals surface area contributed by atoms with Crippen molar-refractivity contribution in [2.45, 2.75) is 38.6 Å². The Hall–Kier alpha value is -0.960. The van der Waals surface area contributed by atoms with Gasteiger partial charge in [-0.25, -0.2) is 4.39 Å². The van der Waals surface area contributed by atoms with Crippen molar-refractivity contribution in [1.29, 1.82) is 0 Å². The fraction of sp³-hybridized carbons (Fsp3) is 0.545. The first-order valence-electron chi connectivity index (χ1n) is 5.10. The molecule has 0 bridgehead atoms. The molecule has 0 aliphatic heterocycles. The summed E-state index contributed by atoms with van der Waals surface area (Å²) in [4.78, 5) is 3.69. The van der Waals surface area contributed by atoms with Crippen molar-refractivity contribution >= 4 is 0 Å². The van der Waals surface area contributed by atoms with E-state index in [1.807, 2.05) is 0 Å². The molecular weight excluding hydrogens is 179 g/mol. The first-order valence-corrected chi connectivity index (χ1v) is 5.10. The van der Waals surface area contributed by atoms with Gasteiger partial charge in [-0.2, -0.15) is 0 Å². The van der Waals surface area contributed by atoms with Crippen molar-refractivity contribution in [2.75, 3.05) is 0 Å². The number of pyridine rings is 1. The first-order chi connectivity index (χ1) is 6.75. The Morgan fingerprint density at radius 1 is 1.50 bits per heavy atom. The summed E-state index contributed by atoms with van der Waals surface area (Å²) in [6.07, 6.45) is 7.01. The third kappa shape index (κ3) is 3.07. The van der Waals surface area contributed by atoms with Crippen LogP contribution in [-0.4, -0.2) is 4.98 Å². The van der Waals surface area contributed by atoms with Crippen LogP contribution in [0, 0.1) is 5.82 Å². The molecule has 1 rings (SSSR count). The monoisotopic (exact) mass is 196 g/mol. The Labute approximate surface area is 84.3 Å². The molecular formula is C11H17FN2. The number of aromatic nitrogens is 1. The molecule has 0 amide bonds. The fourth-order valence-electron chi connectivity index (χ4n) is 1.46. The van der Waals surface area contributed by atoms with E-state index in [-0.39, 0.29) is 11.9 Å². The number of unbranched alkanes of at least 4 members (excludes halogenated alkanes) is 2. The van der Waals surface area contributed by atoms with Crippen LogP contribution in [0.25, 0.3) is 0 Å². The molecule has 0 aliphatic carbocycles. The fourth-order valence-corrected chi connectivity index (χ4v) is 1.46. The van der Waals surface area contributed by atoms with Crippen LogP contribution in [0.4, 0.5) is 4.39 Å².